The van der Waals surface area contributed by atoms with Crippen LogP contribution in [-0.2, 0) is 0 Å². The second-order valence-electron chi connectivity index (χ2n) is 3.26. The van der Waals surface area contributed by atoms with E-state index in [0.29, 0.717) is 11.1 Å². The predicted octanol–water partition coefficient (Wildman–Crippen LogP) is 1.05. The lowest BCUT2D eigenvalue weighted by Gasteiger charge is -2.03. The standard InChI is InChI=1S/C12H9N3O2/c16-11(9-1-5-13-6-2-9)15-12(17)10-3-7-14-8-4-10/h1-8H,(H,15,16,17). The van der Waals surface area contributed by atoms with E-state index >= 15 is 0 Å². The van der Waals surface area contributed by atoms with E-state index in [-0.39, 0.29) is 0 Å². The number of hydrogen-bond acceptors (Lipinski definition) is 4. The molecule has 0 fully saturated rings. The number of pyridine rings is 2. The third-order valence-electron chi connectivity index (χ3n) is 2.11. The third kappa shape index (κ3) is 2.72. The molecule has 0 aliphatic carbocycles. The molecule has 5 heteroatoms. The van der Waals surface area contributed by atoms with E-state index < -0.39 is 11.8 Å². The number of hydrogen-bond donors (Lipinski definition) is 1. The lowest BCUT2D eigenvalue weighted by atomic mass is 10.2. The van der Waals surface area contributed by atoms with E-state index in [2.05, 4.69) is 15.3 Å². The molecule has 1 N–H and O–H groups in total. The Labute approximate surface area is 97.5 Å². The Morgan fingerprint density at radius 1 is 0.765 bits per heavy atom. The van der Waals surface area contributed by atoms with Crippen LogP contribution in [0.2, 0.25) is 0 Å². The second kappa shape index (κ2) is 4.98. The van der Waals surface area contributed by atoms with Crippen LogP contribution in [0.3, 0.4) is 0 Å². The molecule has 2 aromatic rings. The number of carbonyl (C=O) groups is 2. The van der Waals surface area contributed by atoms with Gasteiger partial charge in [-0.2, -0.15) is 0 Å². The van der Waals surface area contributed by atoms with Gasteiger partial charge in [0.1, 0.15) is 0 Å². The van der Waals surface area contributed by atoms with Gasteiger partial charge in [-0.05, 0) is 24.3 Å². The molecule has 2 aromatic heterocycles. The Balaban J connectivity index is 2.08. The van der Waals surface area contributed by atoms with Gasteiger partial charge in [-0.1, -0.05) is 0 Å². The summed E-state index contributed by atoms with van der Waals surface area (Å²) in [6.07, 6.45) is 5.97. The van der Waals surface area contributed by atoms with Gasteiger partial charge in [-0.25, -0.2) is 0 Å². The van der Waals surface area contributed by atoms with Crippen molar-refractivity contribution in [3.05, 3.63) is 60.2 Å². The smallest absolute Gasteiger partial charge is 0.258 e. The Bertz CT molecular complexity index is 476. The third-order valence-corrected chi connectivity index (χ3v) is 2.11. The first-order valence-electron chi connectivity index (χ1n) is 4.93. The minimum atomic E-state index is -0.450. The SMILES string of the molecule is O=C(NC(=O)c1ccncc1)c1ccncc1. The van der Waals surface area contributed by atoms with Crippen molar-refractivity contribution >= 4 is 11.8 Å². The first-order chi connectivity index (χ1) is 8.27. The molecule has 0 saturated carbocycles. The molecule has 84 valence electrons. The minimum Gasteiger partial charge on any atom is -0.288 e. The van der Waals surface area contributed by atoms with E-state index in [1.165, 1.54) is 49.1 Å². The summed E-state index contributed by atoms with van der Waals surface area (Å²) in [5, 5.41) is 2.28. The summed E-state index contributed by atoms with van der Waals surface area (Å²) in [5.41, 5.74) is 0.782. The highest BCUT2D eigenvalue weighted by atomic mass is 16.2. The minimum absolute atomic E-state index is 0.391. The molecular formula is C12H9N3O2. The number of nitrogens with one attached hydrogen (secondary N) is 1. The molecular weight excluding hydrogens is 218 g/mol. The number of aromatic nitrogens is 2. The number of imide groups is 1. The lowest BCUT2D eigenvalue weighted by Crippen LogP contribution is -2.30. The van der Waals surface area contributed by atoms with Crippen LogP contribution in [-0.4, -0.2) is 21.8 Å². The molecule has 5 nitrogen and oxygen atoms in total. The van der Waals surface area contributed by atoms with Gasteiger partial charge in [0.25, 0.3) is 11.8 Å². The molecule has 2 rings (SSSR count). The second-order valence-corrected chi connectivity index (χ2v) is 3.26. The van der Waals surface area contributed by atoms with Crippen LogP contribution in [0.5, 0.6) is 0 Å². The van der Waals surface area contributed by atoms with E-state index in [0.717, 1.165) is 0 Å². The van der Waals surface area contributed by atoms with Gasteiger partial charge in [0, 0.05) is 35.9 Å². The highest BCUT2D eigenvalue weighted by Gasteiger charge is 2.11. The Morgan fingerprint density at radius 3 is 1.47 bits per heavy atom. The summed E-state index contributed by atoms with van der Waals surface area (Å²) < 4.78 is 0. The zero-order valence-electron chi connectivity index (χ0n) is 8.83. The van der Waals surface area contributed by atoms with Crippen molar-refractivity contribution in [3.63, 3.8) is 0 Å². The highest BCUT2D eigenvalue weighted by Crippen LogP contribution is 1.99. The topological polar surface area (TPSA) is 72.0 Å². The average Bonchev–Trinajstić information content (AvgIpc) is 2.40. The number of amides is 2. The van der Waals surface area contributed by atoms with Crippen LogP contribution < -0.4 is 5.32 Å². The molecule has 0 unspecified atom stereocenters. The van der Waals surface area contributed by atoms with Gasteiger partial charge in [-0.3, -0.25) is 24.9 Å². The molecule has 0 bridgehead atoms. The molecule has 0 aromatic carbocycles. The van der Waals surface area contributed by atoms with Gasteiger partial charge < -0.3 is 0 Å². The van der Waals surface area contributed by atoms with Crippen LogP contribution in [0.1, 0.15) is 20.7 Å². The van der Waals surface area contributed by atoms with Crippen LogP contribution in [0.25, 0.3) is 0 Å². The number of carbonyl (C=O) groups excluding carboxylic acids is 2. The molecule has 2 heterocycles. The summed E-state index contributed by atoms with van der Waals surface area (Å²) in [7, 11) is 0. The highest BCUT2D eigenvalue weighted by molar-refractivity contribution is 6.10. The van der Waals surface area contributed by atoms with Crippen LogP contribution in [0.4, 0.5) is 0 Å². The molecule has 0 radical (unpaired) electrons. The van der Waals surface area contributed by atoms with Crippen molar-refractivity contribution in [1.29, 1.82) is 0 Å². The summed E-state index contributed by atoms with van der Waals surface area (Å²) in [4.78, 5) is 30.9. The normalized spacial score (nSPS) is 9.65. The maximum Gasteiger partial charge on any atom is 0.258 e. The van der Waals surface area contributed by atoms with Gasteiger partial charge >= 0.3 is 0 Å². The monoisotopic (exact) mass is 227 g/mol. The molecule has 0 saturated heterocycles. The first kappa shape index (κ1) is 10.9. The Morgan fingerprint density at radius 2 is 1.12 bits per heavy atom. The van der Waals surface area contributed by atoms with Crippen molar-refractivity contribution in [1.82, 2.24) is 15.3 Å². The quantitative estimate of drug-likeness (QED) is 0.778. The molecule has 0 atom stereocenters. The van der Waals surface area contributed by atoms with Crippen molar-refractivity contribution in [2.75, 3.05) is 0 Å². The van der Waals surface area contributed by atoms with Crippen LogP contribution in [0, 0.1) is 0 Å². The van der Waals surface area contributed by atoms with Crippen LogP contribution in [0.15, 0.2) is 49.1 Å². The van der Waals surface area contributed by atoms with E-state index in [4.69, 9.17) is 0 Å². The van der Waals surface area contributed by atoms with Crippen LogP contribution >= 0.6 is 0 Å². The van der Waals surface area contributed by atoms with E-state index in [1.807, 2.05) is 0 Å². The number of rotatable bonds is 2. The zero-order valence-corrected chi connectivity index (χ0v) is 8.83. The zero-order chi connectivity index (χ0) is 12.1. The molecule has 0 spiro atoms. The maximum absolute atomic E-state index is 11.7. The molecule has 0 aliphatic heterocycles. The van der Waals surface area contributed by atoms with E-state index in [1.54, 1.807) is 0 Å². The van der Waals surface area contributed by atoms with Crippen molar-refractivity contribution in [2.24, 2.45) is 0 Å². The first-order valence-corrected chi connectivity index (χ1v) is 4.93. The fourth-order valence-corrected chi connectivity index (χ4v) is 1.25. The summed E-state index contributed by atoms with van der Waals surface area (Å²) in [6.45, 7) is 0. The summed E-state index contributed by atoms with van der Waals surface area (Å²) >= 11 is 0. The van der Waals surface area contributed by atoms with Crippen molar-refractivity contribution in [2.45, 2.75) is 0 Å². The maximum atomic E-state index is 11.7. The Kier molecular flexibility index (Phi) is 3.20. The molecule has 2 amide bonds. The van der Waals surface area contributed by atoms with Crippen molar-refractivity contribution in [3.8, 4) is 0 Å². The number of nitrogens with zero attached hydrogens (tertiary/aromatic N) is 2. The van der Waals surface area contributed by atoms with E-state index in [9.17, 15) is 9.59 Å². The lowest BCUT2D eigenvalue weighted by molar-refractivity contribution is 0.0849. The van der Waals surface area contributed by atoms with Gasteiger partial charge in [0.05, 0.1) is 0 Å². The van der Waals surface area contributed by atoms with Crippen molar-refractivity contribution < 1.29 is 9.59 Å². The average molecular weight is 227 g/mol. The summed E-state index contributed by atoms with van der Waals surface area (Å²) in [6, 6.07) is 6.15. The van der Waals surface area contributed by atoms with Gasteiger partial charge in [-0.15, -0.1) is 0 Å². The predicted molar refractivity (Wildman–Crippen MR) is 60.3 cm³/mol. The largest absolute Gasteiger partial charge is 0.288 e. The van der Waals surface area contributed by atoms with Gasteiger partial charge in [0.15, 0.2) is 0 Å². The fraction of sp³-hybridized carbons (Fsp3) is 0. The Hall–Kier alpha value is -2.56. The fourth-order valence-electron chi connectivity index (χ4n) is 1.25. The summed E-state index contributed by atoms with van der Waals surface area (Å²) in [5.74, 6) is -0.900. The van der Waals surface area contributed by atoms with Gasteiger partial charge in [0.2, 0.25) is 0 Å². The molecule has 17 heavy (non-hydrogen) atoms. The molecule has 0 aliphatic rings.